The van der Waals surface area contributed by atoms with E-state index in [0.29, 0.717) is 6.04 Å². The van der Waals surface area contributed by atoms with Crippen LogP contribution in [0.25, 0.3) is 0 Å². The Hall–Kier alpha value is -0.540. The lowest BCUT2D eigenvalue weighted by Crippen LogP contribution is -2.19. The maximum atomic E-state index is 6.25. The molecule has 1 rings (SSSR count). The van der Waals surface area contributed by atoms with E-state index < -0.39 is 0 Å². The number of hydrogen-bond acceptors (Lipinski definition) is 2. The van der Waals surface area contributed by atoms with Crippen molar-refractivity contribution in [3.8, 4) is 0 Å². The molecule has 1 atom stereocenters. The standard InChI is InChI=1S/C13H24ClN3/c1-4-7-11(15)8-6-9-12-13(14)10(3)16-17(12)5-2/h11H,4-9,15H2,1-3H3. The molecular weight excluding hydrogens is 234 g/mol. The summed E-state index contributed by atoms with van der Waals surface area (Å²) in [6.45, 7) is 7.10. The van der Waals surface area contributed by atoms with Crippen LogP contribution in [-0.2, 0) is 13.0 Å². The van der Waals surface area contributed by atoms with Gasteiger partial charge in [-0.3, -0.25) is 4.68 Å². The highest BCUT2D eigenvalue weighted by Gasteiger charge is 2.12. The van der Waals surface area contributed by atoms with Crippen molar-refractivity contribution in [3.05, 3.63) is 16.4 Å². The lowest BCUT2D eigenvalue weighted by atomic mass is 10.0. The molecule has 0 aliphatic rings. The predicted octanol–water partition coefficient (Wildman–Crippen LogP) is 3.31. The molecule has 0 aliphatic heterocycles. The molecule has 1 aromatic heterocycles. The molecule has 0 saturated heterocycles. The molecule has 4 heteroatoms. The first kappa shape index (κ1) is 14.5. The predicted molar refractivity (Wildman–Crippen MR) is 73.5 cm³/mol. The van der Waals surface area contributed by atoms with Crippen molar-refractivity contribution < 1.29 is 0 Å². The minimum atomic E-state index is 0.331. The highest BCUT2D eigenvalue weighted by molar-refractivity contribution is 6.31. The summed E-state index contributed by atoms with van der Waals surface area (Å²) in [7, 11) is 0. The van der Waals surface area contributed by atoms with E-state index in [2.05, 4.69) is 18.9 Å². The van der Waals surface area contributed by atoms with E-state index in [1.54, 1.807) is 0 Å². The molecule has 98 valence electrons. The molecular formula is C13H24ClN3. The third kappa shape index (κ3) is 4.00. The van der Waals surface area contributed by atoms with Gasteiger partial charge >= 0.3 is 0 Å². The average molecular weight is 258 g/mol. The van der Waals surface area contributed by atoms with Gasteiger partial charge < -0.3 is 5.73 Å². The molecule has 2 N–H and O–H groups in total. The Balaban J connectivity index is 2.51. The van der Waals surface area contributed by atoms with E-state index in [-0.39, 0.29) is 0 Å². The fraction of sp³-hybridized carbons (Fsp3) is 0.769. The Morgan fingerprint density at radius 1 is 1.35 bits per heavy atom. The second kappa shape index (κ2) is 7.02. The zero-order valence-corrected chi connectivity index (χ0v) is 11.9. The quantitative estimate of drug-likeness (QED) is 0.814. The van der Waals surface area contributed by atoms with Gasteiger partial charge in [-0.25, -0.2) is 0 Å². The Labute approximate surface area is 109 Å². The van der Waals surface area contributed by atoms with Gasteiger partial charge in [-0.15, -0.1) is 0 Å². The number of aromatic nitrogens is 2. The molecule has 3 nitrogen and oxygen atoms in total. The van der Waals surface area contributed by atoms with Crippen LogP contribution < -0.4 is 5.73 Å². The molecule has 0 radical (unpaired) electrons. The summed E-state index contributed by atoms with van der Waals surface area (Å²) >= 11 is 6.25. The summed E-state index contributed by atoms with van der Waals surface area (Å²) < 4.78 is 2.00. The fourth-order valence-corrected chi connectivity index (χ4v) is 2.38. The normalized spacial score (nSPS) is 13.0. The summed E-state index contributed by atoms with van der Waals surface area (Å²) in [6, 6.07) is 0.331. The SMILES string of the molecule is CCCC(N)CCCc1c(Cl)c(C)nn1CC. The van der Waals surface area contributed by atoms with Crippen LogP contribution in [0.15, 0.2) is 0 Å². The van der Waals surface area contributed by atoms with Crippen LogP contribution in [0.3, 0.4) is 0 Å². The smallest absolute Gasteiger partial charge is 0.0847 e. The van der Waals surface area contributed by atoms with Gasteiger partial charge in [0.15, 0.2) is 0 Å². The van der Waals surface area contributed by atoms with Crippen molar-refractivity contribution in [2.75, 3.05) is 0 Å². The van der Waals surface area contributed by atoms with Crippen LogP contribution in [0, 0.1) is 6.92 Å². The largest absolute Gasteiger partial charge is 0.328 e. The second-order valence-electron chi connectivity index (χ2n) is 4.60. The van der Waals surface area contributed by atoms with Crippen molar-refractivity contribution in [1.29, 1.82) is 0 Å². The Morgan fingerprint density at radius 3 is 2.65 bits per heavy atom. The third-order valence-corrected chi connectivity index (χ3v) is 3.59. The first-order valence-corrected chi connectivity index (χ1v) is 6.95. The highest BCUT2D eigenvalue weighted by Crippen LogP contribution is 2.22. The Morgan fingerprint density at radius 2 is 2.06 bits per heavy atom. The van der Waals surface area contributed by atoms with Crippen LogP contribution in [-0.4, -0.2) is 15.8 Å². The number of nitrogens with two attached hydrogens (primary N) is 1. The molecule has 17 heavy (non-hydrogen) atoms. The van der Waals surface area contributed by atoms with E-state index in [0.717, 1.165) is 55.1 Å². The molecule has 0 spiro atoms. The van der Waals surface area contributed by atoms with Gasteiger partial charge in [0.25, 0.3) is 0 Å². The van der Waals surface area contributed by atoms with Crippen molar-refractivity contribution in [2.24, 2.45) is 5.73 Å². The molecule has 1 heterocycles. The van der Waals surface area contributed by atoms with Crippen LogP contribution in [0.4, 0.5) is 0 Å². The third-order valence-electron chi connectivity index (χ3n) is 3.10. The summed E-state index contributed by atoms with van der Waals surface area (Å²) in [6.07, 6.45) is 5.41. The van der Waals surface area contributed by atoms with Crippen molar-refractivity contribution >= 4 is 11.6 Å². The molecule has 0 saturated carbocycles. The lowest BCUT2D eigenvalue weighted by Gasteiger charge is -2.10. The molecule has 1 aromatic rings. The van der Waals surface area contributed by atoms with Crippen molar-refractivity contribution in [3.63, 3.8) is 0 Å². The molecule has 1 unspecified atom stereocenters. The van der Waals surface area contributed by atoms with Gasteiger partial charge in [0, 0.05) is 12.6 Å². The van der Waals surface area contributed by atoms with Crippen molar-refractivity contribution in [2.45, 2.75) is 65.5 Å². The number of halogens is 1. The molecule has 0 amide bonds. The summed E-state index contributed by atoms with van der Waals surface area (Å²) in [5, 5.41) is 5.25. The molecule has 0 aliphatic carbocycles. The van der Waals surface area contributed by atoms with Crippen LogP contribution in [0.5, 0.6) is 0 Å². The van der Waals surface area contributed by atoms with Gasteiger partial charge in [-0.2, -0.15) is 5.10 Å². The molecule has 0 aromatic carbocycles. The minimum Gasteiger partial charge on any atom is -0.328 e. The van der Waals surface area contributed by atoms with Crippen LogP contribution in [0.2, 0.25) is 5.02 Å². The first-order valence-electron chi connectivity index (χ1n) is 6.57. The minimum absolute atomic E-state index is 0.331. The first-order chi connectivity index (χ1) is 8.10. The summed E-state index contributed by atoms with van der Waals surface area (Å²) in [4.78, 5) is 0. The number of nitrogens with zero attached hydrogens (tertiary/aromatic N) is 2. The number of aryl methyl sites for hydroxylation is 2. The summed E-state index contributed by atoms with van der Waals surface area (Å²) in [5.74, 6) is 0. The van der Waals surface area contributed by atoms with Gasteiger partial charge in [-0.05, 0) is 39.5 Å². The highest BCUT2D eigenvalue weighted by atomic mass is 35.5. The van der Waals surface area contributed by atoms with Crippen LogP contribution >= 0.6 is 11.6 Å². The lowest BCUT2D eigenvalue weighted by molar-refractivity contribution is 0.526. The van der Waals surface area contributed by atoms with E-state index >= 15 is 0 Å². The van der Waals surface area contributed by atoms with E-state index in [4.69, 9.17) is 17.3 Å². The van der Waals surface area contributed by atoms with Gasteiger partial charge in [0.05, 0.1) is 16.4 Å². The zero-order valence-electron chi connectivity index (χ0n) is 11.2. The average Bonchev–Trinajstić information content (AvgIpc) is 2.57. The Kier molecular flexibility index (Phi) is 6.00. The van der Waals surface area contributed by atoms with Crippen molar-refractivity contribution in [1.82, 2.24) is 9.78 Å². The van der Waals surface area contributed by atoms with Gasteiger partial charge in [-0.1, -0.05) is 24.9 Å². The fourth-order valence-electron chi connectivity index (χ4n) is 2.15. The van der Waals surface area contributed by atoms with E-state index in [9.17, 15) is 0 Å². The second-order valence-corrected chi connectivity index (χ2v) is 4.98. The number of hydrogen-bond donors (Lipinski definition) is 1. The van der Waals surface area contributed by atoms with E-state index in [1.807, 2.05) is 11.6 Å². The monoisotopic (exact) mass is 257 g/mol. The Bertz CT molecular complexity index is 347. The molecule has 0 fully saturated rings. The zero-order chi connectivity index (χ0) is 12.8. The maximum absolute atomic E-state index is 6.25. The summed E-state index contributed by atoms with van der Waals surface area (Å²) in [5.41, 5.74) is 8.10. The van der Waals surface area contributed by atoms with Crippen LogP contribution in [0.1, 0.15) is 50.9 Å². The molecule has 0 bridgehead atoms. The van der Waals surface area contributed by atoms with Gasteiger partial charge in [0.1, 0.15) is 0 Å². The number of rotatable bonds is 7. The van der Waals surface area contributed by atoms with Gasteiger partial charge in [0.2, 0.25) is 0 Å². The topological polar surface area (TPSA) is 43.8 Å². The van der Waals surface area contributed by atoms with E-state index in [1.165, 1.54) is 0 Å². The maximum Gasteiger partial charge on any atom is 0.0847 e.